The molecule has 0 aliphatic heterocycles. The number of halogens is 2. The molecule has 3 nitrogen and oxygen atoms in total. The van der Waals surface area contributed by atoms with Crippen molar-refractivity contribution in [2.45, 2.75) is 25.9 Å². The first-order valence-corrected chi connectivity index (χ1v) is 7.04. The molecule has 116 valence electrons. The first kappa shape index (κ1) is 16.1. The largest absolute Gasteiger partial charge is 0.325 e. The van der Waals surface area contributed by atoms with Gasteiger partial charge in [-0.15, -0.1) is 0 Å². The van der Waals surface area contributed by atoms with E-state index in [1.165, 1.54) is 12.1 Å². The van der Waals surface area contributed by atoms with Gasteiger partial charge in [0.15, 0.2) is 0 Å². The van der Waals surface area contributed by atoms with E-state index in [4.69, 9.17) is 0 Å². The number of para-hydroxylation sites is 1. The molecule has 0 aromatic heterocycles. The van der Waals surface area contributed by atoms with Gasteiger partial charge in [-0.1, -0.05) is 24.3 Å². The van der Waals surface area contributed by atoms with Gasteiger partial charge in [0, 0.05) is 23.4 Å². The van der Waals surface area contributed by atoms with Crippen LogP contribution >= 0.6 is 0 Å². The van der Waals surface area contributed by atoms with Crippen molar-refractivity contribution in [3.8, 4) is 0 Å². The van der Waals surface area contributed by atoms with Crippen LogP contribution < -0.4 is 10.6 Å². The number of amides is 1. The molecule has 0 aliphatic carbocycles. The Balaban J connectivity index is 1.98. The fraction of sp³-hybridized carbons (Fsp3) is 0.235. The molecule has 2 N–H and O–H groups in total. The van der Waals surface area contributed by atoms with Gasteiger partial charge in [-0.2, -0.15) is 0 Å². The third-order valence-corrected chi connectivity index (χ3v) is 3.36. The van der Waals surface area contributed by atoms with Gasteiger partial charge in [0.2, 0.25) is 5.91 Å². The van der Waals surface area contributed by atoms with Crippen molar-refractivity contribution in [3.05, 3.63) is 65.7 Å². The molecule has 0 aliphatic rings. The molecule has 0 unspecified atom stereocenters. The highest BCUT2D eigenvalue weighted by Crippen LogP contribution is 2.18. The normalized spacial score (nSPS) is 13.5. The van der Waals surface area contributed by atoms with Crippen LogP contribution in [0.4, 0.5) is 14.5 Å². The lowest BCUT2D eigenvalue weighted by Crippen LogP contribution is -2.39. The van der Waals surface area contributed by atoms with Crippen LogP contribution in [0.2, 0.25) is 0 Å². The van der Waals surface area contributed by atoms with Crippen molar-refractivity contribution < 1.29 is 13.6 Å². The summed E-state index contributed by atoms with van der Waals surface area (Å²) in [5.74, 6) is -1.47. The van der Waals surface area contributed by atoms with E-state index in [2.05, 4.69) is 10.6 Å². The Kier molecular flexibility index (Phi) is 5.22. The van der Waals surface area contributed by atoms with E-state index >= 15 is 0 Å². The fourth-order valence-electron chi connectivity index (χ4n) is 2.17. The number of rotatable bonds is 5. The van der Waals surface area contributed by atoms with E-state index in [0.29, 0.717) is 11.3 Å². The summed E-state index contributed by atoms with van der Waals surface area (Å²) in [4.78, 5) is 12.1. The maximum atomic E-state index is 13.7. The summed E-state index contributed by atoms with van der Waals surface area (Å²) in [5.41, 5.74) is 1.02. The monoisotopic (exact) mass is 304 g/mol. The van der Waals surface area contributed by atoms with Crippen molar-refractivity contribution in [1.82, 2.24) is 5.32 Å². The smallest absolute Gasteiger partial charge is 0.241 e. The maximum absolute atomic E-state index is 13.7. The first-order chi connectivity index (χ1) is 10.5. The summed E-state index contributed by atoms with van der Waals surface area (Å²) in [6.07, 6.45) is 0. The molecule has 5 heteroatoms. The zero-order chi connectivity index (χ0) is 16.1. The zero-order valence-electron chi connectivity index (χ0n) is 12.4. The molecular weight excluding hydrogens is 286 g/mol. The molecule has 0 fully saturated rings. The Labute approximate surface area is 128 Å². The third kappa shape index (κ3) is 4.11. The Bertz CT molecular complexity index is 646. The number of nitrogens with one attached hydrogen (secondary N) is 2. The lowest BCUT2D eigenvalue weighted by atomic mass is 10.1. The van der Waals surface area contributed by atoms with E-state index in [-0.39, 0.29) is 5.91 Å². The minimum Gasteiger partial charge on any atom is -0.325 e. The van der Waals surface area contributed by atoms with Crippen molar-refractivity contribution >= 4 is 11.6 Å². The SMILES string of the molecule is C[C@H](N[C@H](C)c1ccc(F)cc1F)C(=O)Nc1ccccc1. The molecule has 0 saturated heterocycles. The average Bonchev–Trinajstić information content (AvgIpc) is 2.47. The van der Waals surface area contributed by atoms with Gasteiger partial charge in [0.25, 0.3) is 0 Å². The van der Waals surface area contributed by atoms with Gasteiger partial charge < -0.3 is 5.32 Å². The summed E-state index contributed by atoms with van der Waals surface area (Å²) in [7, 11) is 0. The summed E-state index contributed by atoms with van der Waals surface area (Å²) in [6, 6.07) is 11.5. The number of hydrogen-bond donors (Lipinski definition) is 2. The summed E-state index contributed by atoms with van der Waals surface area (Å²) >= 11 is 0. The van der Waals surface area contributed by atoms with Crippen LogP contribution in [0.25, 0.3) is 0 Å². The van der Waals surface area contributed by atoms with Gasteiger partial charge in [-0.3, -0.25) is 10.1 Å². The Morgan fingerprint density at radius 2 is 1.73 bits per heavy atom. The average molecular weight is 304 g/mol. The quantitative estimate of drug-likeness (QED) is 0.885. The van der Waals surface area contributed by atoms with E-state index < -0.39 is 23.7 Å². The van der Waals surface area contributed by atoms with Crippen molar-refractivity contribution in [3.63, 3.8) is 0 Å². The van der Waals surface area contributed by atoms with Crippen LogP contribution in [0.3, 0.4) is 0 Å². The molecule has 0 heterocycles. The number of carbonyl (C=O) groups excluding carboxylic acids is 1. The topological polar surface area (TPSA) is 41.1 Å². The van der Waals surface area contributed by atoms with Gasteiger partial charge in [0.1, 0.15) is 11.6 Å². The van der Waals surface area contributed by atoms with Crippen LogP contribution in [-0.2, 0) is 4.79 Å². The van der Waals surface area contributed by atoms with Gasteiger partial charge in [-0.25, -0.2) is 8.78 Å². The van der Waals surface area contributed by atoms with Crippen LogP contribution in [0, 0.1) is 11.6 Å². The first-order valence-electron chi connectivity index (χ1n) is 7.04. The van der Waals surface area contributed by atoms with Crippen LogP contribution in [0.15, 0.2) is 48.5 Å². The lowest BCUT2D eigenvalue weighted by molar-refractivity contribution is -0.117. The van der Waals surface area contributed by atoms with Gasteiger partial charge in [0.05, 0.1) is 6.04 Å². The number of benzene rings is 2. The zero-order valence-corrected chi connectivity index (χ0v) is 12.4. The molecule has 2 aromatic carbocycles. The minimum absolute atomic E-state index is 0.222. The molecule has 0 bridgehead atoms. The number of hydrogen-bond acceptors (Lipinski definition) is 2. The maximum Gasteiger partial charge on any atom is 0.241 e. The predicted molar refractivity (Wildman–Crippen MR) is 82.4 cm³/mol. The van der Waals surface area contributed by atoms with E-state index in [1.807, 2.05) is 18.2 Å². The van der Waals surface area contributed by atoms with Crippen molar-refractivity contribution in [2.24, 2.45) is 0 Å². The summed E-state index contributed by atoms with van der Waals surface area (Å²) < 4.78 is 26.6. The highest BCUT2D eigenvalue weighted by Gasteiger charge is 2.18. The third-order valence-electron chi connectivity index (χ3n) is 3.36. The molecule has 0 saturated carbocycles. The number of carbonyl (C=O) groups is 1. The van der Waals surface area contributed by atoms with Crippen molar-refractivity contribution in [1.29, 1.82) is 0 Å². The van der Waals surface area contributed by atoms with Crippen LogP contribution in [0.5, 0.6) is 0 Å². The lowest BCUT2D eigenvalue weighted by Gasteiger charge is -2.20. The van der Waals surface area contributed by atoms with Crippen LogP contribution in [0.1, 0.15) is 25.5 Å². The van der Waals surface area contributed by atoms with E-state index in [0.717, 1.165) is 6.07 Å². The Morgan fingerprint density at radius 3 is 2.36 bits per heavy atom. The minimum atomic E-state index is -0.629. The standard InChI is InChI=1S/C17H18F2N2O/c1-11(15-9-8-13(18)10-16(15)19)20-12(2)17(22)21-14-6-4-3-5-7-14/h3-12,20H,1-2H3,(H,21,22)/t11-,12+/m1/s1. The molecule has 1 amide bonds. The molecule has 2 aromatic rings. The van der Waals surface area contributed by atoms with Gasteiger partial charge >= 0.3 is 0 Å². The molecule has 2 rings (SSSR count). The highest BCUT2D eigenvalue weighted by molar-refractivity contribution is 5.94. The highest BCUT2D eigenvalue weighted by atomic mass is 19.1. The molecule has 22 heavy (non-hydrogen) atoms. The number of anilines is 1. The van der Waals surface area contributed by atoms with Crippen LogP contribution in [-0.4, -0.2) is 11.9 Å². The summed E-state index contributed by atoms with van der Waals surface area (Å²) in [5, 5.41) is 5.77. The van der Waals surface area contributed by atoms with E-state index in [1.54, 1.807) is 26.0 Å². The predicted octanol–water partition coefficient (Wildman–Crippen LogP) is 3.64. The van der Waals surface area contributed by atoms with Gasteiger partial charge in [-0.05, 0) is 32.0 Å². The second kappa shape index (κ2) is 7.13. The molecule has 2 atom stereocenters. The summed E-state index contributed by atoms with van der Waals surface area (Å²) in [6.45, 7) is 3.42. The molecule has 0 spiro atoms. The Hall–Kier alpha value is -2.27. The second-order valence-electron chi connectivity index (χ2n) is 5.13. The Morgan fingerprint density at radius 1 is 1.05 bits per heavy atom. The van der Waals surface area contributed by atoms with E-state index in [9.17, 15) is 13.6 Å². The molecular formula is C17H18F2N2O. The second-order valence-corrected chi connectivity index (χ2v) is 5.13. The van der Waals surface area contributed by atoms with Crippen molar-refractivity contribution in [2.75, 3.05) is 5.32 Å². The fourth-order valence-corrected chi connectivity index (χ4v) is 2.17. The molecule has 0 radical (unpaired) electrons.